The van der Waals surface area contributed by atoms with Crippen molar-refractivity contribution < 1.29 is 0 Å². The van der Waals surface area contributed by atoms with Crippen molar-refractivity contribution in [3.63, 3.8) is 0 Å². The fourth-order valence-corrected chi connectivity index (χ4v) is 2.91. The summed E-state index contributed by atoms with van der Waals surface area (Å²) in [7, 11) is 0. The van der Waals surface area contributed by atoms with E-state index in [0.717, 1.165) is 5.92 Å². The van der Waals surface area contributed by atoms with Crippen LogP contribution in [0.15, 0.2) is 23.3 Å². The molecule has 0 heterocycles. The van der Waals surface area contributed by atoms with Crippen molar-refractivity contribution in [3.8, 4) is 0 Å². The first kappa shape index (κ1) is 8.10. The molecule has 0 radical (unpaired) electrons. The van der Waals surface area contributed by atoms with Gasteiger partial charge in [0.1, 0.15) is 0 Å². The third-order valence-electron chi connectivity index (χ3n) is 3.97. The zero-order valence-electron chi connectivity index (χ0n) is 8.41. The average molecular weight is 162 g/mol. The van der Waals surface area contributed by atoms with Crippen LogP contribution in [-0.4, -0.2) is 0 Å². The average Bonchev–Trinajstić information content (AvgIpc) is 2.80. The lowest BCUT2D eigenvalue weighted by molar-refractivity contribution is 0.542. The second kappa shape index (κ2) is 2.25. The lowest BCUT2D eigenvalue weighted by Gasteiger charge is -2.34. The summed E-state index contributed by atoms with van der Waals surface area (Å²) in [5.41, 5.74) is 5.07. The van der Waals surface area contributed by atoms with Gasteiger partial charge in [0.15, 0.2) is 0 Å². The lowest BCUT2D eigenvalue weighted by atomic mass is 9.70. The van der Waals surface area contributed by atoms with Gasteiger partial charge in [-0.2, -0.15) is 0 Å². The van der Waals surface area contributed by atoms with Crippen LogP contribution in [0, 0.1) is 11.3 Å². The second-order valence-electron chi connectivity index (χ2n) is 4.39. The van der Waals surface area contributed by atoms with E-state index in [1.807, 2.05) is 0 Å². The standard InChI is InChI=1S/C12H18/c1-5-6-11-7-12(11)9(3)8(2)10(12)4/h11H,3,5-7H2,1-2,4H3. The third kappa shape index (κ3) is 0.688. The van der Waals surface area contributed by atoms with Crippen LogP contribution in [0.1, 0.15) is 40.0 Å². The molecule has 12 heavy (non-hydrogen) atoms. The molecule has 2 unspecified atom stereocenters. The summed E-state index contributed by atoms with van der Waals surface area (Å²) >= 11 is 0. The summed E-state index contributed by atoms with van der Waals surface area (Å²) in [6, 6.07) is 0. The molecule has 1 saturated carbocycles. The van der Waals surface area contributed by atoms with Gasteiger partial charge < -0.3 is 0 Å². The number of allylic oxidation sites excluding steroid dienone is 3. The molecule has 2 aliphatic rings. The van der Waals surface area contributed by atoms with Crippen molar-refractivity contribution in [2.24, 2.45) is 11.3 Å². The van der Waals surface area contributed by atoms with Crippen LogP contribution in [0.4, 0.5) is 0 Å². The molecule has 2 aliphatic carbocycles. The minimum Gasteiger partial charge on any atom is -0.0947 e. The summed E-state index contributed by atoms with van der Waals surface area (Å²) in [6.45, 7) is 11.0. The molecule has 0 aliphatic heterocycles. The van der Waals surface area contributed by atoms with E-state index in [2.05, 4.69) is 27.4 Å². The zero-order valence-corrected chi connectivity index (χ0v) is 8.41. The maximum atomic E-state index is 4.18. The molecule has 0 nitrogen and oxygen atoms in total. The molecular formula is C12H18. The van der Waals surface area contributed by atoms with Gasteiger partial charge in [0.2, 0.25) is 0 Å². The fourth-order valence-electron chi connectivity index (χ4n) is 2.91. The Hall–Kier alpha value is -0.520. The van der Waals surface area contributed by atoms with Gasteiger partial charge in [0, 0.05) is 5.41 Å². The summed E-state index contributed by atoms with van der Waals surface area (Å²) < 4.78 is 0. The highest BCUT2D eigenvalue weighted by molar-refractivity contribution is 5.59. The van der Waals surface area contributed by atoms with E-state index in [0.29, 0.717) is 5.41 Å². The van der Waals surface area contributed by atoms with Crippen molar-refractivity contribution in [1.29, 1.82) is 0 Å². The van der Waals surface area contributed by atoms with Crippen LogP contribution in [-0.2, 0) is 0 Å². The topological polar surface area (TPSA) is 0 Å². The molecule has 66 valence electrons. The highest BCUT2D eigenvalue weighted by Crippen LogP contribution is 2.71. The fraction of sp³-hybridized carbons (Fsp3) is 0.667. The third-order valence-corrected chi connectivity index (χ3v) is 3.97. The minimum absolute atomic E-state index is 0.514. The minimum atomic E-state index is 0.514. The number of hydrogen-bond acceptors (Lipinski definition) is 0. The Bertz CT molecular complexity index is 270. The monoisotopic (exact) mass is 162 g/mol. The molecule has 0 N–H and O–H groups in total. The van der Waals surface area contributed by atoms with Crippen LogP contribution in [0.2, 0.25) is 0 Å². The van der Waals surface area contributed by atoms with Crippen LogP contribution >= 0.6 is 0 Å². The predicted octanol–water partition coefficient (Wildman–Crippen LogP) is 3.70. The van der Waals surface area contributed by atoms with Crippen LogP contribution in [0.5, 0.6) is 0 Å². The Morgan fingerprint density at radius 1 is 1.50 bits per heavy atom. The van der Waals surface area contributed by atoms with E-state index in [9.17, 15) is 0 Å². The van der Waals surface area contributed by atoms with Crippen molar-refractivity contribution in [1.82, 2.24) is 0 Å². The van der Waals surface area contributed by atoms with Crippen molar-refractivity contribution >= 4 is 0 Å². The van der Waals surface area contributed by atoms with Gasteiger partial charge in [0.25, 0.3) is 0 Å². The summed E-state index contributed by atoms with van der Waals surface area (Å²) in [4.78, 5) is 0. The Morgan fingerprint density at radius 2 is 2.17 bits per heavy atom. The van der Waals surface area contributed by atoms with Gasteiger partial charge in [-0.1, -0.05) is 25.5 Å². The van der Waals surface area contributed by atoms with Crippen molar-refractivity contribution in [3.05, 3.63) is 23.3 Å². The van der Waals surface area contributed by atoms with Gasteiger partial charge >= 0.3 is 0 Å². The number of rotatable bonds is 2. The van der Waals surface area contributed by atoms with Gasteiger partial charge in [-0.05, 0) is 43.8 Å². The molecule has 0 amide bonds. The van der Waals surface area contributed by atoms with Gasteiger partial charge in [-0.3, -0.25) is 0 Å². The Balaban J connectivity index is 2.16. The molecule has 1 spiro atoms. The summed E-state index contributed by atoms with van der Waals surface area (Å²) in [6.07, 6.45) is 4.11. The van der Waals surface area contributed by atoms with Crippen LogP contribution in [0.25, 0.3) is 0 Å². The highest BCUT2D eigenvalue weighted by Gasteiger charge is 2.61. The van der Waals surface area contributed by atoms with Gasteiger partial charge in [0.05, 0.1) is 0 Å². The smallest absolute Gasteiger partial charge is 0.0193 e. The molecule has 0 saturated heterocycles. The van der Waals surface area contributed by atoms with Crippen LogP contribution < -0.4 is 0 Å². The molecule has 2 rings (SSSR count). The maximum Gasteiger partial charge on any atom is 0.0193 e. The Kier molecular flexibility index (Phi) is 1.51. The largest absolute Gasteiger partial charge is 0.0947 e. The molecule has 2 atom stereocenters. The molecular weight excluding hydrogens is 144 g/mol. The van der Waals surface area contributed by atoms with Crippen LogP contribution in [0.3, 0.4) is 0 Å². The number of hydrogen-bond donors (Lipinski definition) is 0. The van der Waals surface area contributed by atoms with Crippen molar-refractivity contribution in [2.45, 2.75) is 40.0 Å². The normalized spacial score (nSPS) is 38.9. The lowest BCUT2D eigenvalue weighted by Crippen LogP contribution is -2.22. The first-order valence-electron chi connectivity index (χ1n) is 5.02. The molecule has 0 heteroatoms. The molecule has 0 aromatic heterocycles. The van der Waals surface area contributed by atoms with E-state index < -0.39 is 0 Å². The molecule has 0 bridgehead atoms. The van der Waals surface area contributed by atoms with E-state index >= 15 is 0 Å². The predicted molar refractivity (Wildman–Crippen MR) is 53.0 cm³/mol. The van der Waals surface area contributed by atoms with E-state index in [1.54, 1.807) is 5.57 Å². The Morgan fingerprint density at radius 3 is 2.67 bits per heavy atom. The molecule has 1 fully saturated rings. The SMILES string of the molecule is C=C1C(C)=C(C)C12CC2CCC. The van der Waals surface area contributed by atoms with E-state index in [4.69, 9.17) is 0 Å². The van der Waals surface area contributed by atoms with Gasteiger partial charge in [-0.15, -0.1) is 0 Å². The molecule has 0 aromatic rings. The van der Waals surface area contributed by atoms with Gasteiger partial charge in [-0.25, -0.2) is 0 Å². The van der Waals surface area contributed by atoms with E-state index in [-0.39, 0.29) is 0 Å². The van der Waals surface area contributed by atoms with E-state index in [1.165, 1.54) is 30.4 Å². The summed E-state index contributed by atoms with van der Waals surface area (Å²) in [5.74, 6) is 0.943. The second-order valence-corrected chi connectivity index (χ2v) is 4.39. The quantitative estimate of drug-likeness (QED) is 0.580. The first-order valence-corrected chi connectivity index (χ1v) is 5.02. The first-order chi connectivity index (χ1) is 5.64. The highest BCUT2D eigenvalue weighted by atomic mass is 14.6. The Labute approximate surface area is 75.4 Å². The summed E-state index contributed by atoms with van der Waals surface area (Å²) in [5, 5.41) is 0. The zero-order chi connectivity index (χ0) is 8.93. The van der Waals surface area contributed by atoms with Crippen molar-refractivity contribution in [2.75, 3.05) is 0 Å². The maximum absolute atomic E-state index is 4.18. The molecule has 0 aromatic carbocycles.